The average Bonchev–Trinajstić information content (AvgIpc) is 2.68. The van der Waals surface area contributed by atoms with Gasteiger partial charge in [-0.1, -0.05) is 12.1 Å². The van der Waals surface area contributed by atoms with E-state index < -0.39 is 12.3 Å². The van der Waals surface area contributed by atoms with Crippen molar-refractivity contribution >= 4 is 5.97 Å². The first kappa shape index (κ1) is 11.8. The van der Waals surface area contributed by atoms with E-state index in [1.807, 2.05) is 0 Å². The van der Waals surface area contributed by atoms with Crippen LogP contribution in [0.15, 0.2) is 36.5 Å². The summed E-state index contributed by atoms with van der Waals surface area (Å²) in [7, 11) is 0. The van der Waals surface area contributed by atoms with Crippen molar-refractivity contribution in [2.75, 3.05) is 0 Å². The number of aliphatic hydroxyl groups excluding tert-OH is 1. The van der Waals surface area contributed by atoms with Crippen molar-refractivity contribution in [3.05, 3.63) is 64.7 Å². The van der Waals surface area contributed by atoms with Crippen LogP contribution < -0.4 is 0 Å². The minimum atomic E-state index is -1.25. The van der Waals surface area contributed by atoms with Crippen LogP contribution in [0.1, 0.15) is 33.5 Å². The van der Waals surface area contributed by atoms with Crippen molar-refractivity contribution < 1.29 is 19.0 Å². The van der Waals surface area contributed by atoms with E-state index in [2.05, 4.69) is 9.72 Å². The maximum absolute atomic E-state index is 12.8. The zero-order valence-corrected chi connectivity index (χ0v) is 9.84. The fourth-order valence-corrected chi connectivity index (χ4v) is 2.04. The van der Waals surface area contributed by atoms with Gasteiger partial charge in [0.2, 0.25) is 6.29 Å². The van der Waals surface area contributed by atoms with E-state index in [9.17, 15) is 14.3 Å². The molecule has 1 aromatic heterocycles. The second kappa shape index (κ2) is 4.44. The van der Waals surface area contributed by atoms with Crippen LogP contribution in [0.2, 0.25) is 0 Å². The fourth-order valence-electron chi connectivity index (χ4n) is 2.04. The lowest BCUT2D eigenvalue weighted by Gasteiger charge is -2.05. The van der Waals surface area contributed by atoms with Crippen LogP contribution >= 0.6 is 0 Å². The Bertz CT molecular complexity index is 640. The highest BCUT2D eigenvalue weighted by Gasteiger charge is 2.31. The van der Waals surface area contributed by atoms with E-state index in [1.165, 1.54) is 12.1 Å². The third-order valence-electron chi connectivity index (χ3n) is 2.97. The van der Waals surface area contributed by atoms with Gasteiger partial charge in [-0.3, -0.25) is 0 Å². The Labute approximate surface area is 108 Å². The van der Waals surface area contributed by atoms with Gasteiger partial charge < -0.3 is 9.84 Å². The summed E-state index contributed by atoms with van der Waals surface area (Å²) in [5.41, 5.74) is 2.27. The maximum Gasteiger partial charge on any atom is 0.360 e. The molecule has 0 aliphatic carbocycles. The number of nitrogens with zero attached hydrogens (tertiary/aromatic N) is 1. The second-order valence-corrected chi connectivity index (χ2v) is 4.34. The Hall–Kier alpha value is -2.27. The summed E-state index contributed by atoms with van der Waals surface area (Å²) in [6.45, 7) is 0. The molecule has 1 N–H and O–H groups in total. The largest absolute Gasteiger partial charge is 0.427 e. The van der Waals surface area contributed by atoms with Gasteiger partial charge in [0.15, 0.2) is 5.69 Å². The summed E-state index contributed by atoms with van der Waals surface area (Å²) < 4.78 is 17.5. The molecule has 0 saturated heterocycles. The first-order valence-corrected chi connectivity index (χ1v) is 5.76. The molecule has 96 valence electrons. The number of rotatable bonds is 2. The zero-order valence-electron chi connectivity index (χ0n) is 9.84. The highest BCUT2D eigenvalue weighted by atomic mass is 19.1. The van der Waals surface area contributed by atoms with Gasteiger partial charge in [-0.25, -0.2) is 14.2 Å². The van der Waals surface area contributed by atoms with Crippen LogP contribution in [0.3, 0.4) is 0 Å². The number of esters is 1. The predicted molar refractivity (Wildman–Crippen MR) is 63.8 cm³/mol. The first-order chi connectivity index (χ1) is 9.13. The molecule has 4 nitrogen and oxygen atoms in total. The molecule has 2 heterocycles. The minimum Gasteiger partial charge on any atom is -0.427 e. The Morgan fingerprint density at radius 1 is 1.26 bits per heavy atom. The number of pyridine rings is 1. The summed E-state index contributed by atoms with van der Waals surface area (Å²) in [6.07, 6.45) is 0.853. The number of carbonyl (C=O) groups is 1. The molecule has 3 rings (SSSR count). The number of cyclic esters (lactones) is 1. The number of ether oxygens (including phenoxy) is 1. The van der Waals surface area contributed by atoms with Crippen LogP contribution in [0, 0.1) is 5.82 Å². The molecule has 0 radical (unpaired) electrons. The monoisotopic (exact) mass is 259 g/mol. The van der Waals surface area contributed by atoms with Crippen molar-refractivity contribution in [3.8, 4) is 0 Å². The third-order valence-corrected chi connectivity index (χ3v) is 2.97. The van der Waals surface area contributed by atoms with Crippen LogP contribution in [0.5, 0.6) is 0 Å². The highest BCUT2D eigenvalue weighted by Crippen LogP contribution is 2.28. The van der Waals surface area contributed by atoms with E-state index in [0.717, 1.165) is 11.1 Å². The number of fused-ring (bicyclic) bond motifs is 1. The summed E-state index contributed by atoms with van der Waals surface area (Å²) >= 11 is 0. The standard InChI is InChI=1S/C14H10FNO3/c15-10-3-1-8(2-4-10)5-9-6-11-12(16-7-9)14(18)19-13(11)17/h1-4,6-7,13,17H,5H2. The molecule has 0 fully saturated rings. The Morgan fingerprint density at radius 3 is 2.74 bits per heavy atom. The van der Waals surface area contributed by atoms with Crippen molar-refractivity contribution in [3.63, 3.8) is 0 Å². The van der Waals surface area contributed by atoms with Crippen molar-refractivity contribution in [1.82, 2.24) is 4.98 Å². The summed E-state index contributed by atoms with van der Waals surface area (Å²) in [4.78, 5) is 15.3. The van der Waals surface area contributed by atoms with Gasteiger partial charge in [-0.15, -0.1) is 0 Å². The quantitative estimate of drug-likeness (QED) is 0.838. The molecular formula is C14H10FNO3. The molecule has 0 bridgehead atoms. The lowest BCUT2D eigenvalue weighted by molar-refractivity contribution is -0.0548. The lowest BCUT2D eigenvalue weighted by atomic mass is 10.0. The molecule has 1 aliphatic rings. The third kappa shape index (κ3) is 2.20. The highest BCUT2D eigenvalue weighted by molar-refractivity contribution is 5.91. The molecule has 1 atom stereocenters. The van der Waals surface area contributed by atoms with Crippen LogP contribution in [-0.2, 0) is 11.2 Å². The molecule has 1 unspecified atom stereocenters. The van der Waals surface area contributed by atoms with Gasteiger partial charge >= 0.3 is 5.97 Å². The summed E-state index contributed by atoms with van der Waals surface area (Å²) in [6, 6.07) is 7.82. The van der Waals surface area contributed by atoms with Gasteiger partial charge in [-0.2, -0.15) is 0 Å². The lowest BCUT2D eigenvalue weighted by Crippen LogP contribution is -1.99. The molecule has 0 spiro atoms. The van der Waals surface area contributed by atoms with Gasteiger partial charge in [0.25, 0.3) is 0 Å². The molecule has 1 aliphatic heterocycles. The summed E-state index contributed by atoms with van der Waals surface area (Å²) in [5.74, 6) is -0.902. The average molecular weight is 259 g/mol. The van der Waals surface area contributed by atoms with Gasteiger partial charge in [0, 0.05) is 6.20 Å². The topological polar surface area (TPSA) is 59.4 Å². The zero-order chi connectivity index (χ0) is 13.4. The Kier molecular flexibility index (Phi) is 2.76. The molecule has 5 heteroatoms. The van der Waals surface area contributed by atoms with E-state index in [0.29, 0.717) is 12.0 Å². The molecule has 2 aromatic rings. The van der Waals surface area contributed by atoms with Gasteiger partial charge in [0.1, 0.15) is 5.82 Å². The minimum absolute atomic E-state index is 0.148. The van der Waals surface area contributed by atoms with Crippen molar-refractivity contribution in [1.29, 1.82) is 0 Å². The van der Waals surface area contributed by atoms with E-state index in [1.54, 1.807) is 24.4 Å². The fraction of sp³-hybridized carbons (Fsp3) is 0.143. The molecular weight excluding hydrogens is 249 g/mol. The maximum atomic E-state index is 12.8. The molecule has 0 amide bonds. The van der Waals surface area contributed by atoms with E-state index in [4.69, 9.17) is 0 Å². The van der Waals surface area contributed by atoms with Crippen LogP contribution in [0.4, 0.5) is 4.39 Å². The molecule has 1 aromatic carbocycles. The van der Waals surface area contributed by atoms with E-state index in [-0.39, 0.29) is 11.5 Å². The Balaban J connectivity index is 1.89. The van der Waals surface area contributed by atoms with Gasteiger partial charge in [-0.05, 0) is 35.7 Å². The Morgan fingerprint density at radius 2 is 2.00 bits per heavy atom. The number of benzene rings is 1. The number of aliphatic hydroxyl groups is 1. The van der Waals surface area contributed by atoms with Crippen LogP contribution in [0.25, 0.3) is 0 Å². The molecule has 19 heavy (non-hydrogen) atoms. The normalized spacial score (nSPS) is 17.2. The molecule has 0 saturated carbocycles. The summed E-state index contributed by atoms with van der Waals surface area (Å²) in [5, 5.41) is 9.55. The van der Waals surface area contributed by atoms with Crippen molar-refractivity contribution in [2.45, 2.75) is 12.7 Å². The number of aromatic nitrogens is 1. The smallest absolute Gasteiger partial charge is 0.360 e. The van der Waals surface area contributed by atoms with Gasteiger partial charge in [0.05, 0.1) is 5.56 Å². The number of carbonyl (C=O) groups excluding carboxylic acids is 1. The van der Waals surface area contributed by atoms with E-state index >= 15 is 0 Å². The number of halogens is 1. The van der Waals surface area contributed by atoms with Crippen molar-refractivity contribution in [2.24, 2.45) is 0 Å². The number of hydrogen-bond acceptors (Lipinski definition) is 4. The first-order valence-electron chi connectivity index (χ1n) is 5.76. The SMILES string of the molecule is O=C1OC(O)c2cc(Cc3ccc(F)cc3)cnc21. The predicted octanol–water partition coefficient (Wildman–Crippen LogP) is 1.97. The number of hydrogen-bond donors (Lipinski definition) is 1. The second-order valence-electron chi connectivity index (χ2n) is 4.34. The van der Waals surface area contributed by atoms with Crippen LogP contribution in [-0.4, -0.2) is 16.1 Å².